The number of hydrogen-bond acceptors (Lipinski definition) is 2. The van der Waals surface area contributed by atoms with Crippen molar-refractivity contribution < 1.29 is 9.53 Å². The van der Waals surface area contributed by atoms with E-state index in [2.05, 4.69) is 58.9 Å². The van der Waals surface area contributed by atoms with Crippen molar-refractivity contribution in [2.24, 2.45) is 0 Å². The number of carbonyl (C=O) groups is 1. The second-order valence-electron chi connectivity index (χ2n) is 8.97. The van der Waals surface area contributed by atoms with Gasteiger partial charge in [0.2, 0.25) is 0 Å². The van der Waals surface area contributed by atoms with Gasteiger partial charge in [-0.05, 0) is 70.6 Å². The summed E-state index contributed by atoms with van der Waals surface area (Å²) in [4.78, 5) is 11.6. The molecule has 142 valence electrons. The lowest BCUT2D eigenvalue weighted by atomic mass is 9.63. The summed E-state index contributed by atoms with van der Waals surface area (Å²) < 4.78 is 4.77. The van der Waals surface area contributed by atoms with Crippen molar-refractivity contribution >= 4 is 17.6 Å². The SMILES string of the molecule is COC(=O)c1ccc(C(C)=Cc2ccc3c(c2)C(C)(C)CCC3(C)C)cc1. The molecule has 27 heavy (non-hydrogen) atoms. The fraction of sp³-hybridized carbons (Fsp3) is 0.400. The maximum atomic E-state index is 11.6. The summed E-state index contributed by atoms with van der Waals surface area (Å²) in [6.45, 7) is 11.5. The van der Waals surface area contributed by atoms with Crippen LogP contribution in [0.25, 0.3) is 11.6 Å². The van der Waals surface area contributed by atoms with Crippen LogP contribution in [0, 0.1) is 0 Å². The van der Waals surface area contributed by atoms with E-state index in [0.717, 1.165) is 5.56 Å². The lowest BCUT2D eigenvalue weighted by Crippen LogP contribution is -2.33. The minimum atomic E-state index is -0.303. The van der Waals surface area contributed by atoms with Crippen LogP contribution in [-0.2, 0) is 15.6 Å². The quantitative estimate of drug-likeness (QED) is 0.467. The zero-order valence-electron chi connectivity index (χ0n) is 17.3. The topological polar surface area (TPSA) is 26.3 Å². The number of allylic oxidation sites excluding steroid dienone is 1. The molecule has 0 bridgehead atoms. The van der Waals surface area contributed by atoms with Gasteiger partial charge in [-0.2, -0.15) is 0 Å². The van der Waals surface area contributed by atoms with Crippen LogP contribution in [0.4, 0.5) is 0 Å². The number of carbonyl (C=O) groups excluding carboxylic acids is 1. The Labute approximate surface area is 163 Å². The lowest BCUT2D eigenvalue weighted by molar-refractivity contribution is 0.0600. The average Bonchev–Trinajstić information content (AvgIpc) is 2.65. The van der Waals surface area contributed by atoms with Gasteiger partial charge in [0.1, 0.15) is 0 Å². The number of hydrogen-bond donors (Lipinski definition) is 0. The van der Waals surface area contributed by atoms with Crippen molar-refractivity contribution in [1.82, 2.24) is 0 Å². The zero-order chi connectivity index (χ0) is 19.8. The molecule has 0 saturated carbocycles. The third-order valence-corrected chi connectivity index (χ3v) is 6.02. The van der Waals surface area contributed by atoms with Crippen molar-refractivity contribution in [2.45, 2.75) is 58.3 Å². The van der Waals surface area contributed by atoms with Gasteiger partial charge in [-0.3, -0.25) is 0 Å². The second kappa shape index (κ2) is 6.99. The first-order chi connectivity index (χ1) is 12.6. The minimum Gasteiger partial charge on any atom is -0.465 e. The molecule has 2 aromatic rings. The molecule has 0 N–H and O–H groups in total. The summed E-state index contributed by atoms with van der Waals surface area (Å²) >= 11 is 0. The Balaban J connectivity index is 1.94. The minimum absolute atomic E-state index is 0.213. The molecule has 1 aliphatic carbocycles. The monoisotopic (exact) mass is 362 g/mol. The Morgan fingerprint density at radius 1 is 0.889 bits per heavy atom. The highest BCUT2D eigenvalue weighted by molar-refractivity contribution is 5.90. The van der Waals surface area contributed by atoms with Crippen molar-refractivity contribution in [2.75, 3.05) is 7.11 Å². The molecular formula is C25H30O2. The van der Waals surface area contributed by atoms with Crippen molar-refractivity contribution in [3.8, 4) is 0 Å². The maximum Gasteiger partial charge on any atom is 0.337 e. The Morgan fingerprint density at radius 2 is 1.44 bits per heavy atom. The number of methoxy groups -OCH3 is 1. The Kier molecular flexibility index (Phi) is 5.03. The lowest BCUT2D eigenvalue weighted by Gasteiger charge is -2.42. The third kappa shape index (κ3) is 3.85. The summed E-state index contributed by atoms with van der Waals surface area (Å²) in [5.41, 5.74) is 7.51. The van der Waals surface area contributed by atoms with Crippen molar-refractivity contribution in [3.63, 3.8) is 0 Å². The van der Waals surface area contributed by atoms with Crippen molar-refractivity contribution in [1.29, 1.82) is 0 Å². The molecule has 0 unspecified atom stereocenters. The summed E-state index contributed by atoms with van der Waals surface area (Å²) in [5, 5.41) is 0. The molecule has 0 spiro atoms. The van der Waals surface area contributed by atoms with E-state index < -0.39 is 0 Å². The normalized spacial score (nSPS) is 17.9. The van der Waals surface area contributed by atoms with Gasteiger partial charge in [-0.1, -0.05) is 64.1 Å². The van der Waals surface area contributed by atoms with Gasteiger partial charge in [0.15, 0.2) is 0 Å². The smallest absolute Gasteiger partial charge is 0.337 e. The summed E-state index contributed by atoms with van der Waals surface area (Å²) in [5.74, 6) is -0.303. The Bertz CT molecular complexity index is 883. The van der Waals surface area contributed by atoms with E-state index in [9.17, 15) is 4.79 Å². The van der Waals surface area contributed by atoms with Crippen LogP contribution in [0.2, 0.25) is 0 Å². The van der Waals surface area contributed by atoms with Crippen LogP contribution in [0.15, 0.2) is 42.5 Å². The Hall–Kier alpha value is -2.35. The molecule has 2 heteroatoms. The number of benzene rings is 2. The largest absolute Gasteiger partial charge is 0.465 e. The molecule has 0 fully saturated rings. The second-order valence-corrected chi connectivity index (χ2v) is 8.97. The molecule has 2 aromatic carbocycles. The van der Waals surface area contributed by atoms with Gasteiger partial charge in [0.25, 0.3) is 0 Å². The molecule has 0 radical (unpaired) electrons. The highest BCUT2D eigenvalue weighted by Gasteiger charge is 2.36. The molecule has 0 saturated heterocycles. The number of ether oxygens (including phenoxy) is 1. The molecule has 3 rings (SSSR count). The summed E-state index contributed by atoms with van der Waals surface area (Å²) in [6.07, 6.45) is 4.67. The Morgan fingerprint density at radius 3 is 2.04 bits per heavy atom. The average molecular weight is 363 g/mol. The van der Waals surface area contributed by atoms with Gasteiger partial charge in [-0.15, -0.1) is 0 Å². The van der Waals surface area contributed by atoms with Crippen LogP contribution in [0.5, 0.6) is 0 Å². The number of rotatable bonds is 3. The maximum absolute atomic E-state index is 11.6. The molecule has 0 aliphatic heterocycles. The fourth-order valence-corrected chi connectivity index (χ4v) is 4.02. The van der Waals surface area contributed by atoms with Crippen molar-refractivity contribution in [3.05, 3.63) is 70.3 Å². The van der Waals surface area contributed by atoms with Crippen LogP contribution >= 0.6 is 0 Å². The first kappa shape index (κ1) is 19.4. The first-order valence-corrected chi connectivity index (χ1v) is 9.66. The van der Waals surface area contributed by atoms with Gasteiger partial charge >= 0.3 is 5.97 Å². The predicted molar refractivity (Wildman–Crippen MR) is 113 cm³/mol. The first-order valence-electron chi connectivity index (χ1n) is 9.66. The van der Waals surface area contributed by atoms with E-state index in [0.29, 0.717) is 5.56 Å². The predicted octanol–water partition coefficient (Wildman–Crippen LogP) is 6.38. The molecule has 0 amide bonds. The summed E-state index contributed by atoms with van der Waals surface area (Å²) in [7, 11) is 1.40. The highest BCUT2D eigenvalue weighted by Crippen LogP contribution is 2.46. The van der Waals surface area contributed by atoms with Crippen LogP contribution in [0.1, 0.15) is 80.1 Å². The molecule has 0 aromatic heterocycles. The van der Waals surface area contributed by atoms with E-state index in [1.807, 2.05) is 24.3 Å². The summed E-state index contributed by atoms with van der Waals surface area (Å²) in [6, 6.07) is 14.5. The zero-order valence-corrected chi connectivity index (χ0v) is 17.3. The number of esters is 1. The number of fused-ring (bicyclic) bond motifs is 1. The van der Waals surface area contributed by atoms with Gasteiger partial charge in [-0.25, -0.2) is 4.79 Å². The van der Waals surface area contributed by atoms with E-state index in [1.165, 1.54) is 42.2 Å². The highest BCUT2D eigenvalue weighted by atomic mass is 16.5. The molecule has 0 heterocycles. The van der Waals surface area contributed by atoms with Gasteiger partial charge in [0, 0.05) is 0 Å². The molecule has 0 atom stereocenters. The van der Waals surface area contributed by atoms with Gasteiger partial charge < -0.3 is 4.74 Å². The van der Waals surface area contributed by atoms with E-state index in [-0.39, 0.29) is 16.8 Å². The molecule has 2 nitrogen and oxygen atoms in total. The third-order valence-electron chi connectivity index (χ3n) is 6.02. The van der Waals surface area contributed by atoms with E-state index in [4.69, 9.17) is 4.74 Å². The van der Waals surface area contributed by atoms with Crippen LogP contribution < -0.4 is 0 Å². The van der Waals surface area contributed by atoms with E-state index >= 15 is 0 Å². The van der Waals surface area contributed by atoms with E-state index in [1.54, 1.807) is 0 Å². The standard InChI is InChI=1S/C25H30O2/c1-17(19-8-10-20(11-9-19)23(26)27-6)15-18-7-12-21-22(16-18)25(4,5)14-13-24(21,2)3/h7-12,15-16H,13-14H2,1-6H3. The molecule has 1 aliphatic rings. The van der Waals surface area contributed by atoms with Crippen LogP contribution in [0.3, 0.4) is 0 Å². The molecular weight excluding hydrogens is 332 g/mol. The van der Waals surface area contributed by atoms with Gasteiger partial charge in [0.05, 0.1) is 12.7 Å². The van der Waals surface area contributed by atoms with Crippen LogP contribution in [-0.4, -0.2) is 13.1 Å². The fourth-order valence-electron chi connectivity index (χ4n) is 4.02.